The van der Waals surface area contributed by atoms with Gasteiger partial charge in [-0.15, -0.1) is 0 Å². The highest BCUT2D eigenvalue weighted by Gasteiger charge is 2.34. The second-order valence-electron chi connectivity index (χ2n) is 6.36. The van der Waals surface area contributed by atoms with E-state index >= 15 is 0 Å². The van der Waals surface area contributed by atoms with E-state index in [2.05, 4.69) is 21.2 Å². The topological polar surface area (TPSA) is 71.0 Å². The Kier molecular flexibility index (Phi) is 3.85. The van der Waals surface area contributed by atoms with Gasteiger partial charge < -0.3 is 9.88 Å². The van der Waals surface area contributed by atoms with Gasteiger partial charge >= 0.3 is 0 Å². The number of hydrazine groups is 1. The Labute approximate surface area is 135 Å². The molecule has 2 fully saturated rings. The van der Waals surface area contributed by atoms with Crippen LogP contribution in [-0.2, 0) is 0 Å². The van der Waals surface area contributed by atoms with Crippen LogP contribution in [0.1, 0.15) is 29.8 Å². The van der Waals surface area contributed by atoms with Crippen molar-refractivity contribution in [2.75, 3.05) is 6.54 Å². The van der Waals surface area contributed by atoms with Crippen LogP contribution in [0.5, 0.6) is 0 Å². The lowest BCUT2D eigenvalue weighted by molar-refractivity contribution is 0.0914. The summed E-state index contributed by atoms with van der Waals surface area (Å²) in [6, 6.07) is 8.33. The number of carbonyl (C=O) groups excluding carboxylic acids is 1. The van der Waals surface area contributed by atoms with Gasteiger partial charge in [0.15, 0.2) is 0 Å². The molecule has 0 radical (unpaired) electrons. The van der Waals surface area contributed by atoms with E-state index in [4.69, 9.17) is 0 Å². The number of carbonyl (C=O) groups is 1. The summed E-state index contributed by atoms with van der Waals surface area (Å²) in [5, 5.41) is 3.14. The second-order valence-corrected chi connectivity index (χ2v) is 6.36. The van der Waals surface area contributed by atoms with Gasteiger partial charge in [0.25, 0.3) is 5.91 Å². The number of rotatable bonds is 3. The van der Waals surface area contributed by atoms with Crippen LogP contribution in [0.2, 0.25) is 0 Å². The van der Waals surface area contributed by atoms with E-state index in [-0.39, 0.29) is 11.9 Å². The molecule has 3 atom stereocenters. The van der Waals surface area contributed by atoms with Gasteiger partial charge in [-0.3, -0.25) is 20.6 Å². The van der Waals surface area contributed by atoms with Crippen LogP contribution in [0, 0.1) is 5.92 Å². The normalized spacial score (nSPS) is 26.7. The molecule has 120 valence electrons. The minimum absolute atomic E-state index is 0.0894. The Bertz CT molecular complexity index is 684. The van der Waals surface area contributed by atoms with Crippen molar-refractivity contribution >= 4 is 5.91 Å². The van der Waals surface area contributed by atoms with Crippen molar-refractivity contribution in [2.24, 2.45) is 5.92 Å². The van der Waals surface area contributed by atoms with E-state index in [0.717, 1.165) is 31.5 Å². The fraction of sp³-hybridized carbons (Fsp3) is 0.412. The lowest BCUT2D eigenvalue weighted by Crippen LogP contribution is -2.45. The van der Waals surface area contributed by atoms with Crippen molar-refractivity contribution in [3.05, 3.63) is 48.5 Å². The van der Waals surface area contributed by atoms with Crippen molar-refractivity contribution in [3.8, 4) is 5.69 Å². The first-order chi connectivity index (χ1) is 11.3. The van der Waals surface area contributed by atoms with Crippen LogP contribution in [0.3, 0.4) is 0 Å². The summed E-state index contributed by atoms with van der Waals surface area (Å²) in [7, 11) is 0. The summed E-state index contributed by atoms with van der Waals surface area (Å²) in [5.41, 5.74) is 7.94. The number of hydrogen-bond acceptors (Lipinski definition) is 4. The lowest BCUT2D eigenvalue weighted by atomic mass is 9.83. The van der Waals surface area contributed by atoms with Crippen LogP contribution in [-0.4, -0.2) is 34.1 Å². The zero-order chi connectivity index (χ0) is 15.6. The third kappa shape index (κ3) is 3.00. The molecular weight excluding hydrogens is 290 g/mol. The molecule has 0 aromatic carbocycles. The Morgan fingerprint density at radius 2 is 2.17 bits per heavy atom. The van der Waals surface area contributed by atoms with E-state index in [1.165, 1.54) is 0 Å². The summed E-state index contributed by atoms with van der Waals surface area (Å²) in [6.07, 6.45) is 8.75. The smallest absolute Gasteiger partial charge is 0.270 e. The predicted octanol–water partition coefficient (Wildman–Crippen LogP) is 1.25. The molecule has 3 heterocycles. The number of pyridine rings is 1. The van der Waals surface area contributed by atoms with Crippen LogP contribution < -0.4 is 16.2 Å². The zero-order valence-electron chi connectivity index (χ0n) is 12.9. The summed E-state index contributed by atoms with van der Waals surface area (Å²) in [4.78, 5) is 16.7. The molecule has 0 bridgehead atoms. The standard InChI is InChI=1S/C17H21N5O/c23-17(20-13-4-3-12-11-19-21-15(12)9-13)16-10-14(5-6-18-16)22-7-1-2-8-22/h1-2,5-8,10,12-13,15,19,21H,3-4,9,11H2,(H,20,23). The van der Waals surface area contributed by atoms with Gasteiger partial charge in [0.2, 0.25) is 0 Å². The third-order valence-electron chi connectivity index (χ3n) is 4.86. The van der Waals surface area contributed by atoms with E-state index in [9.17, 15) is 4.79 Å². The predicted molar refractivity (Wildman–Crippen MR) is 87.1 cm³/mol. The average molecular weight is 311 g/mol. The fourth-order valence-electron chi connectivity index (χ4n) is 3.58. The first kappa shape index (κ1) is 14.4. The molecule has 1 saturated heterocycles. The van der Waals surface area contributed by atoms with Gasteiger partial charge in [-0.1, -0.05) is 0 Å². The largest absolute Gasteiger partial charge is 0.348 e. The first-order valence-corrected chi connectivity index (χ1v) is 8.18. The molecule has 23 heavy (non-hydrogen) atoms. The molecule has 3 unspecified atom stereocenters. The van der Waals surface area contributed by atoms with E-state index < -0.39 is 0 Å². The van der Waals surface area contributed by atoms with Crippen LogP contribution in [0.15, 0.2) is 42.9 Å². The van der Waals surface area contributed by atoms with E-state index in [1.807, 2.05) is 41.2 Å². The molecule has 4 rings (SSSR count). The zero-order valence-corrected chi connectivity index (χ0v) is 12.9. The Morgan fingerprint density at radius 3 is 3.04 bits per heavy atom. The van der Waals surface area contributed by atoms with Crippen molar-refractivity contribution in [1.82, 2.24) is 25.7 Å². The minimum Gasteiger partial charge on any atom is -0.348 e. The lowest BCUT2D eigenvalue weighted by Gasteiger charge is -2.31. The molecule has 1 aliphatic carbocycles. The molecule has 2 aromatic heterocycles. The SMILES string of the molecule is O=C(NC1CCC2CNNC2C1)c1cc(-n2cccc2)ccn1. The maximum Gasteiger partial charge on any atom is 0.270 e. The van der Waals surface area contributed by atoms with Gasteiger partial charge in [0.05, 0.1) is 0 Å². The number of nitrogens with one attached hydrogen (secondary N) is 3. The average Bonchev–Trinajstić information content (AvgIpc) is 3.26. The minimum atomic E-state index is -0.0894. The quantitative estimate of drug-likeness (QED) is 0.798. The summed E-state index contributed by atoms with van der Waals surface area (Å²) in [5.74, 6) is 0.603. The first-order valence-electron chi connectivity index (χ1n) is 8.18. The van der Waals surface area contributed by atoms with Crippen molar-refractivity contribution in [2.45, 2.75) is 31.3 Å². The van der Waals surface area contributed by atoms with Gasteiger partial charge in [0.1, 0.15) is 5.69 Å². The highest BCUT2D eigenvalue weighted by atomic mass is 16.1. The van der Waals surface area contributed by atoms with Gasteiger partial charge in [-0.2, -0.15) is 0 Å². The van der Waals surface area contributed by atoms with Crippen molar-refractivity contribution < 1.29 is 4.79 Å². The Balaban J connectivity index is 1.44. The fourth-order valence-corrected chi connectivity index (χ4v) is 3.58. The Morgan fingerprint density at radius 1 is 1.30 bits per heavy atom. The number of fused-ring (bicyclic) bond motifs is 1. The van der Waals surface area contributed by atoms with Crippen molar-refractivity contribution in [3.63, 3.8) is 0 Å². The molecule has 1 aliphatic heterocycles. The Hall–Kier alpha value is -2.18. The second kappa shape index (κ2) is 6.14. The van der Waals surface area contributed by atoms with Gasteiger partial charge in [-0.05, 0) is 49.4 Å². The molecule has 1 saturated carbocycles. The highest BCUT2D eigenvalue weighted by Crippen LogP contribution is 2.26. The van der Waals surface area contributed by atoms with Gasteiger partial charge in [-0.25, -0.2) is 0 Å². The van der Waals surface area contributed by atoms with E-state index in [1.54, 1.807) is 6.20 Å². The molecule has 2 aliphatic rings. The number of hydrogen-bond donors (Lipinski definition) is 3. The molecule has 0 spiro atoms. The number of nitrogens with zero attached hydrogens (tertiary/aromatic N) is 2. The maximum absolute atomic E-state index is 12.5. The monoisotopic (exact) mass is 311 g/mol. The van der Waals surface area contributed by atoms with Crippen LogP contribution in [0.25, 0.3) is 5.69 Å². The summed E-state index contributed by atoms with van der Waals surface area (Å²) >= 11 is 0. The summed E-state index contributed by atoms with van der Waals surface area (Å²) < 4.78 is 1.97. The molecule has 2 aromatic rings. The van der Waals surface area contributed by atoms with Gasteiger partial charge in [0, 0.05) is 42.9 Å². The number of aromatic nitrogens is 2. The molecule has 3 N–H and O–H groups in total. The summed E-state index contributed by atoms with van der Waals surface area (Å²) in [6.45, 7) is 1.03. The molecule has 1 amide bonds. The molecule has 6 nitrogen and oxygen atoms in total. The van der Waals surface area contributed by atoms with E-state index in [0.29, 0.717) is 17.7 Å². The van der Waals surface area contributed by atoms with Crippen LogP contribution in [0.4, 0.5) is 0 Å². The third-order valence-corrected chi connectivity index (χ3v) is 4.86. The number of amides is 1. The molecular formula is C17H21N5O. The van der Waals surface area contributed by atoms with Crippen molar-refractivity contribution in [1.29, 1.82) is 0 Å². The highest BCUT2D eigenvalue weighted by molar-refractivity contribution is 5.92. The van der Waals surface area contributed by atoms with Crippen LogP contribution >= 0.6 is 0 Å². The molecule has 6 heteroatoms. The maximum atomic E-state index is 12.5.